The molecule has 0 atom stereocenters. The maximum atomic E-state index is 12.7. The number of hydrogen-bond donors (Lipinski definition) is 1. The Morgan fingerprint density at radius 2 is 1.96 bits per heavy atom. The number of carbonyl (C=O) groups is 1. The molecule has 3 rings (SSSR count). The zero-order valence-corrected chi connectivity index (χ0v) is 14.2. The van der Waals surface area contributed by atoms with Crippen molar-refractivity contribution in [1.29, 1.82) is 0 Å². The second kappa shape index (κ2) is 6.97. The third kappa shape index (κ3) is 3.48. The van der Waals surface area contributed by atoms with Crippen LogP contribution in [0.3, 0.4) is 0 Å². The van der Waals surface area contributed by atoms with E-state index in [1.165, 1.54) is 24.6 Å². The Morgan fingerprint density at radius 3 is 2.54 bits per heavy atom. The summed E-state index contributed by atoms with van der Waals surface area (Å²) in [5.41, 5.74) is -1.20. The van der Waals surface area contributed by atoms with Crippen LogP contribution in [0.4, 0.5) is 5.69 Å². The predicted molar refractivity (Wildman–Crippen MR) is 90.3 cm³/mol. The first-order chi connectivity index (χ1) is 11.5. The number of nitrogens with zero attached hydrogens (tertiary/aromatic N) is 1. The second-order valence-electron chi connectivity index (χ2n) is 6.63. The lowest BCUT2D eigenvalue weighted by molar-refractivity contribution is -0.386. The van der Waals surface area contributed by atoms with Crippen molar-refractivity contribution in [3.05, 3.63) is 33.3 Å². The van der Waals surface area contributed by atoms with E-state index in [0.717, 1.165) is 32.1 Å². The van der Waals surface area contributed by atoms with E-state index in [1.807, 2.05) is 0 Å². The van der Waals surface area contributed by atoms with Crippen LogP contribution in [0.5, 0.6) is 5.75 Å². The van der Waals surface area contributed by atoms with Gasteiger partial charge in [-0.05, 0) is 44.2 Å². The van der Waals surface area contributed by atoms with Crippen molar-refractivity contribution >= 4 is 23.2 Å². The third-order valence-corrected chi connectivity index (χ3v) is 5.17. The number of nitro groups is 1. The summed E-state index contributed by atoms with van der Waals surface area (Å²) in [6, 6.07) is 4.44. The van der Waals surface area contributed by atoms with Crippen molar-refractivity contribution in [3.63, 3.8) is 0 Å². The maximum Gasteiger partial charge on any atom is 0.312 e. The third-order valence-electron chi connectivity index (χ3n) is 4.94. The van der Waals surface area contributed by atoms with Gasteiger partial charge in [0.2, 0.25) is 0 Å². The highest BCUT2D eigenvalue weighted by Crippen LogP contribution is 2.41. The van der Waals surface area contributed by atoms with E-state index in [-0.39, 0.29) is 28.4 Å². The van der Waals surface area contributed by atoms with Crippen molar-refractivity contribution in [1.82, 2.24) is 5.32 Å². The van der Waals surface area contributed by atoms with E-state index in [0.29, 0.717) is 12.8 Å². The number of carbonyl (C=O) groups excluding carboxylic acids is 1. The summed E-state index contributed by atoms with van der Waals surface area (Å²) in [6.07, 6.45) is 7.47. The van der Waals surface area contributed by atoms with Gasteiger partial charge in [-0.15, -0.1) is 0 Å². The van der Waals surface area contributed by atoms with Gasteiger partial charge in [-0.3, -0.25) is 14.9 Å². The number of hydrogen-bond acceptors (Lipinski definition) is 4. The molecular weight excluding hydrogens is 332 g/mol. The summed E-state index contributed by atoms with van der Waals surface area (Å²) in [7, 11) is 0. The highest BCUT2D eigenvalue weighted by atomic mass is 35.5. The largest absolute Gasteiger partial charge is 0.470 e. The minimum atomic E-state index is -0.990. The van der Waals surface area contributed by atoms with Crippen LogP contribution in [0.25, 0.3) is 0 Å². The highest BCUT2D eigenvalue weighted by Gasteiger charge is 2.48. The molecule has 1 aromatic carbocycles. The lowest BCUT2D eigenvalue weighted by Gasteiger charge is -2.41. The Labute approximate surface area is 145 Å². The minimum Gasteiger partial charge on any atom is -0.470 e. The molecule has 2 fully saturated rings. The van der Waals surface area contributed by atoms with Crippen molar-refractivity contribution in [2.75, 3.05) is 0 Å². The Bertz CT molecular complexity index is 639. The minimum absolute atomic E-state index is 0.0999. The smallest absolute Gasteiger partial charge is 0.312 e. The molecule has 0 heterocycles. The van der Waals surface area contributed by atoms with Gasteiger partial charge in [0.15, 0.2) is 11.4 Å². The van der Waals surface area contributed by atoms with Gasteiger partial charge >= 0.3 is 5.69 Å². The van der Waals surface area contributed by atoms with E-state index in [4.69, 9.17) is 16.3 Å². The first-order valence-electron chi connectivity index (χ1n) is 8.44. The van der Waals surface area contributed by atoms with E-state index in [9.17, 15) is 14.9 Å². The Kier molecular flexibility index (Phi) is 4.94. The van der Waals surface area contributed by atoms with E-state index in [2.05, 4.69) is 5.32 Å². The number of benzene rings is 1. The van der Waals surface area contributed by atoms with Crippen LogP contribution in [0.15, 0.2) is 18.2 Å². The molecule has 6 nitrogen and oxygen atoms in total. The Balaban J connectivity index is 1.76. The average molecular weight is 353 g/mol. The van der Waals surface area contributed by atoms with Crippen molar-refractivity contribution < 1.29 is 14.5 Å². The zero-order chi connectivity index (χ0) is 17.2. The second-order valence-corrected chi connectivity index (χ2v) is 7.06. The van der Waals surface area contributed by atoms with Gasteiger partial charge in [0.25, 0.3) is 5.91 Å². The average Bonchev–Trinajstić information content (AvgIpc) is 2.52. The molecule has 2 saturated carbocycles. The number of rotatable bonds is 5. The van der Waals surface area contributed by atoms with Crippen LogP contribution in [-0.2, 0) is 4.79 Å². The molecule has 0 radical (unpaired) electrons. The standard InChI is InChI=1S/C17H21ClN2O4/c18-12-7-8-15(14(11-12)20(22)23)24-17(9-4-10-17)16(21)19-13-5-2-1-3-6-13/h7-8,11,13H,1-6,9-10H2,(H,19,21). The Morgan fingerprint density at radius 1 is 1.25 bits per heavy atom. The van der Waals surface area contributed by atoms with Crippen LogP contribution < -0.4 is 10.1 Å². The normalized spacial score (nSPS) is 20.0. The molecule has 0 aliphatic heterocycles. The fraction of sp³-hybridized carbons (Fsp3) is 0.588. The molecule has 1 N–H and O–H groups in total. The number of amides is 1. The number of nitro benzene ring substituents is 1. The summed E-state index contributed by atoms with van der Waals surface area (Å²) in [5.74, 6) is -0.0483. The van der Waals surface area contributed by atoms with Gasteiger partial charge in [-0.1, -0.05) is 30.9 Å². The van der Waals surface area contributed by atoms with Crippen LogP contribution in [0, 0.1) is 10.1 Å². The molecule has 1 aromatic rings. The van der Waals surface area contributed by atoms with E-state index >= 15 is 0 Å². The van der Waals surface area contributed by atoms with Crippen molar-refractivity contribution in [2.24, 2.45) is 0 Å². The van der Waals surface area contributed by atoms with Crippen LogP contribution >= 0.6 is 11.6 Å². The van der Waals surface area contributed by atoms with Gasteiger partial charge in [-0.2, -0.15) is 0 Å². The topological polar surface area (TPSA) is 81.5 Å². The van der Waals surface area contributed by atoms with Crippen LogP contribution in [0.1, 0.15) is 51.4 Å². The number of nitrogens with one attached hydrogen (secondary N) is 1. The molecule has 1 amide bonds. The highest BCUT2D eigenvalue weighted by molar-refractivity contribution is 6.30. The Hall–Kier alpha value is -1.82. The summed E-state index contributed by atoms with van der Waals surface area (Å²) >= 11 is 5.83. The molecule has 0 unspecified atom stereocenters. The molecule has 0 bridgehead atoms. The molecule has 7 heteroatoms. The molecule has 24 heavy (non-hydrogen) atoms. The predicted octanol–water partition coefficient (Wildman–Crippen LogP) is 4.00. The molecule has 0 saturated heterocycles. The first kappa shape index (κ1) is 17.0. The molecule has 2 aliphatic carbocycles. The summed E-state index contributed by atoms with van der Waals surface area (Å²) in [6.45, 7) is 0. The maximum absolute atomic E-state index is 12.7. The van der Waals surface area contributed by atoms with Crippen molar-refractivity contribution in [3.8, 4) is 5.75 Å². The molecular formula is C17H21ClN2O4. The SMILES string of the molecule is O=C(NC1CCCCC1)C1(Oc2ccc(Cl)cc2[N+](=O)[O-])CCC1. The zero-order valence-electron chi connectivity index (χ0n) is 13.4. The van der Waals surface area contributed by atoms with Gasteiger partial charge in [0.05, 0.1) is 4.92 Å². The van der Waals surface area contributed by atoms with Gasteiger partial charge in [0.1, 0.15) is 0 Å². The summed E-state index contributed by atoms with van der Waals surface area (Å²) < 4.78 is 5.88. The number of ether oxygens (including phenoxy) is 1. The summed E-state index contributed by atoms with van der Waals surface area (Å²) in [5, 5.41) is 14.6. The van der Waals surface area contributed by atoms with E-state index in [1.54, 1.807) is 0 Å². The fourth-order valence-corrected chi connectivity index (χ4v) is 3.53. The monoisotopic (exact) mass is 352 g/mol. The summed E-state index contributed by atoms with van der Waals surface area (Å²) in [4.78, 5) is 23.4. The van der Waals surface area contributed by atoms with Gasteiger partial charge in [0, 0.05) is 17.1 Å². The fourth-order valence-electron chi connectivity index (χ4n) is 3.37. The molecule has 2 aliphatic rings. The number of halogens is 1. The lowest BCUT2D eigenvalue weighted by Crippen LogP contribution is -2.58. The quantitative estimate of drug-likeness (QED) is 0.641. The molecule has 0 spiro atoms. The molecule has 0 aromatic heterocycles. The van der Waals surface area contributed by atoms with Gasteiger partial charge < -0.3 is 10.1 Å². The van der Waals surface area contributed by atoms with E-state index < -0.39 is 10.5 Å². The van der Waals surface area contributed by atoms with Crippen molar-refractivity contribution in [2.45, 2.75) is 63.0 Å². The van der Waals surface area contributed by atoms with Crippen LogP contribution in [-0.4, -0.2) is 22.5 Å². The van der Waals surface area contributed by atoms with Gasteiger partial charge in [-0.25, -0.2) is 0 Å². The van der Waals surface area contributed by atoms with Crippen LogP contribution in [0.2, 0.25) is 5.02 Å². The first-order valence-corrected chi connectivity index (χ1v) is 8.82. The lowest BCUT2D eigenvalue weighted by atomic mass is 9.78. The molecule has 130 valence electrons.